The third kappa shape index (κ3) is 3.50. The molecule has 1 heterocycles. The van der Waals surface area contributed by atoms with E-state index in [-0.39, 0.29) is 11.3 Å². The number of nitrogens with zero attached hydrogens (tertiary/aromatic N) is 2. The lowest BCUT2D eigenvalue weighted by Crippen LogP contribution is -2.40. The van der Waals surface area contributed by atoms with Crippen LogP contribution in [0.5, 0.6) is 5.75 Å². The zero-order chi connectivity index (χ0) is 18.7. The first-order valence-electron chi connectivity index (χ1n) is 8.92. The van der Waals surface area contributed by atoms with E-state index in [1.807, 2.05) is 12.1 Å². The third-order valence-corrected chi connectivity index (χ3v) is 5.05. The predicted molar refractivity (Wildman–Crippen MR) is 103 cm³/mol. The van der Waals surface area contributed by atoms with Crippen molar-refractivity contribution in [3.05, 3.63) is 48.2 Å². The van der Waals surface area contributed by atoms with Gasteiger partial charge in [-0.2, -0.15) is 5.26 Å². The van der Waals surface area contributed by atoms with Crippen LogP contribution in [0.15, 0.2) is 48.2 Å². The summed E-state index contributed by atoms with van der Waals surface area (Å²) in [7, 11) is 0. The Labute approximate surface area is 153 Å². The monoisotopic (exact) mass is 349 g/mol. The van der Waals surface area contributed by atoms with Gasteiger partial charge in [0.05, 0.1) is 0 Å². The van der Waals surface area contributed by atoms with E-state index in [4.69, 9.17) is 0 Å². The Kier molecular flexibility index (Phi) is 5.13. The molecule has 2 aromatic carbocycles. The summed E-state index contributed by atoms with van der Waals surface area (Å²) in [5.74, 6) is -0.279. The molecule has 1 aliphatic rings. The molecule has 134 valence electrons. The van der Waals surface area contributed by atoms with Crippen LogP contribution in [0, 0.1) is 11.3 Å². The smallest absolute Gasteiger partial charge is 0.267 e. The number of anilines is 1. The van der Waals surface area contributed by atoms with Gasteiger partial charge in [0.2, 0.25) is 0 Å². The maximum absolute atomic E-state index is 12.7. The number of carbonyl (C=O) groups is 1. The molecular formula is C21H23N3O2. The molecule has 0 saturated carbocycles. The lowest BCUT2D eigenvalue weighted by Gasteiger charge is -2.38. The van der Waals surface area contributed by atoms with Gasteiger partial charge in [0, 0.05) is 34.7 Å². The Balaban J connectivity index is 1.88. The molecule has 1 fully saturated rings. The topological polar surface area (TPSA) is 76.4 Å². The summed E-state index contributed by atoms with van der Waals surface area (Å²) in [6.45, 7) is 4.24. The van der Waals surface area contributed by atoms with Crippen LogP contribution in [-0.4, -0.2) is 28.0 Å². The number of nitriles is 1. The van der Waals surface area contributed by atoms with Gasteiger partial charge in [0.1, 0.15) is 17.4 Å². The van der Waals surface area contributed by atoms with E-state index in [1.165, 1.54) is 6.42 Å². The van der Waals surface area contributed by atoms with Gasteiger partial charge in [-0.25, -0.2) is 0 Å². The zero-order valence-electron chi connectivity index (χ0n) is 15.1. The van der Waals surface area contributed by atoms with Crippen LogP contribution in [0.4, 0.5) is 5.69 Å². The number of hydrogen-bond donors (Lipinski definition) is 2. The summed E-state index contributed by atoms with van der Waals surface area (Å²) < 4.78 is 0. The highest BCUT2D eigenvalue weighted by Crippen LogP contribution is 2.30. The fraction of sp³-hybridized carbons (Fsp3) is 0.333. The van der Waals surface area contributed by atoms with Gasteiger partial charge in [-0.1, -0.05) is 24.3 Å². The van der Waals surface area contributed by atoms with E-state index in [1.54, 1.807) is 36.5 Å². The van der Waals surface area contributed by atoms with Crippen molar-refractivity contribution in [2.45, 2.75) is 45.2 Å². The molecule has 0 aromatic heterocycles. The van der Waals surface area contributed by atoms with Crippen molar-refractivity contribution in [1.29, 1.82) is 5.26 Å². The Morgan fingerprint density at radius 2 is 1.85 bits per heavy atom. The average Bonchev–Trinajstić information content (AvgIpc) is 2.62. The number of hydrogen-bond acceptors (Lipinski definition) is 4. The number of carbonyl (C=O) groups excluding carboxylic acids is 1. The molecule has 5 nitrogen and oxygen atoms in total. The second-order valence-corrected chi connectivity index (χ2v) is 6.86. The maximum atomic E-state index is 12.7. The van der Waals surface area contributed by atoms with Gasteiger partial charge in [-0.3, -0.25) is 4.79 Å². The van der Waals surface area contributed by atoms with Gasteiger partial charge < -0.3 is 15.3 Å². The van der Waals surface area contributed by atoms with E-state index >= 15 is 0 Å². The van der Waals surface area contributed by atoms with Crippen molar-refractivity contribution in [3.63, 3.8) is 0 Å². The molecule has 3 rings (SSSR count). The maximum Gasteiger partial charge on any atom is 0.267 e. The van der Waals surface area contributed by atoms with Crippen LogP contribution in [-0.2, 0) is 4.79 Å². The zero-order valence-corrected chi connectivity index (χ0v) is 15.1. The quantitative estimate of drug-likeness (QED) is 0.644. The van der Waals surface area contributed by atoms with E-state index in [0.29, 0.717) is 23.2 Å². The first-order valence-corrected chi connectivity index (χ1v) is 8.92. The molecule has 1 saturated heterocycles. The number of amides is 1. The molecule has 26 heavy (non-hydrogen) atoms. The van der Waals surface area contributed by atoms with Gasteiger partial charge in [0.15, 0.2) is 0 Å². The lowest BCUT2D eigenvalue weighted by atomic mass is 9.98. The molecule has 2 aromatic rings. The minimum atomic E-state index is -0.437. The second kappa shape index (κ2) is 7.49. The molecule has 5 heteroatoms. The number of fused-ring (bicyclic) bond motifs is 1. The highest BCUT2D eigenvalue weighted by molar-refractivity contribution is 6.11. The standard InChI is InChI=1S/C21H23N3O2/c1-14-6-3-7-15(2)24(14)13-16(12-22)21(26)23-19-10-4-9-18-17(19)8-5-11-20(18)25/h4-5,8-11,13-15,25H,3,6-7H2,1-2H3,(H,23,26)/b16-13-. The minimum absolute atomic E-state index is 0.0859. The summed E-state index contributed by atoms with van der Waals surface area (Å²) in [4.78, 5) is 14.8. The SMILES string of the molecule is CC1CCCC(C)N1/C=C(/C#N)C(=O)Nc1cccc2c(O)cccc12. The fourth-order valence-electron chi connectivity index (χ4n) is 3.58. The van der Waals surface area contributed by atoms with Gasteiger partial charge in [0.25, 0.3) is 5.91 Å². The Morgan fingerprint density at radius 1 is 1.19 bits per heavy atom. The molecule has 0 spiro atoms. The van der Waals surface area contributed by atoms with Crippen LogP contribution in [0.1, 0.15) is 33.1 Å². The molecule has 0 bridgehead atoms. The number of aromatic hydroxyl groups is 1. The van der Waals surface area contributed by atoms with Crippen LogP contribution in [0.3, 0.4) is 0 Å². The molecule has 1 aliphatic heterocycles. The van der Waals surface area contributed by atoms with Crippen molar-refractivity contribution in [1.82, 2.24) is 4.90 Å². The molecule has 1 amide bonds. The van der Waals surface area contributed by atoms with Crippen LogP contribution in [0.2, 0.25) is 0 Å². The predicted octanol–water partition coefficient (Wildman–Crippen LogP) is 4.15. The number of phenolic OH excluding ortho intramolecular Hbond substituents is 1. The van der Waals surface area contributed by atoms with Crippen LogP contribution < -0.4 is 5.32 Å². The van der Waals surface area contributed by atoms with Gasteiger partial charge in [-0.15, -0.1) is 0 Å². The Morgan fingerprint density at radius 3 is 2.54 bits per heavy atom. The van der Waals surface area contributed by atoms with Crippen molar-refractivity contribution < 1.29 is 9.90 Å². The van der Waals surface area contributed by atoms with E-state index in [9.17, 15) is 15.2 Å². The number of piperidine rings is 1. The largest absolute Gasteiger partial charge is 0.507 e. The highest BCUT2D eigenvalue weighted by atomic mass is 16.3. The molecule has 0 aliphatic carbocycles. The van der Waals surface area contributed by atoms with Crippen molar-refractivity contribution in [3.8, 4) is 11.8 Å². The molecule has 2 atom stereocenters. The lowest BCUT2D eigenvalue weighted by molar-refractivity contribution is -0.112. The van der Waals surface area contributed by atoms with Gasteiger partial charge in [-0.05, 0) is 45.2 Å². The summed E-state index contributed by atoms with van der Waals surface area (Å²) in [6.07, 6.45) is 4.97. The molecule has 2 N–H and O–H groups in total. The second-order valence-electron chi connectivity index (χ2n) is 6.86. The first-order chi connectivity index (χ1) is 12.5. The normalized spacial score (nSPS) is 20.7. The third-order valence-electron chi connectivity index (χ3n) is 5.05. The van der Waals surface area contributed by atoms with Crippen LogP contribution in [0.25, 0.3) is 10.8 Å². The Hall–Kier alpha value is -3.00. The molecular weight excluding hydrogens is 326 g/mol. The highest BCUT2D eigenvalue weighted by Gasteiger charge is 2.24. The van der Waals surface area contributed by atoms with Crippen LogP contribution >= 0.6 is 0 Å². The van der Waals surface area contributed by atoms with Crippen molar-refractivity contribution in [2.24, 2.45) is 0 Å². The van der Waals surface area contributed by atoms with E-state index < -0.39 is 5.91 Å². The average molecular weight is 349 g/mol. The summed E-state index contributed by atoms with van der Waals surface area (Å²) in [6, 6.07) is 13.1. The van der Waals surface area contributed by atoms with E-state index in [2.05, 4.69) is 24.1 Å². The molecule has 2 unspecified atom stereocenters. The van der Waals surface area contributed by atoms with Gasteiger partial charge >= 0.3 is 0 Å². The fourth-order valence-corrected chi connectivity index (χ4v) is 3.58. The number of rotatable bonds is 3. The summed E-state index contributed by atoms with van der Waals surface area (Å²) >= 11 is 0. The van der Waals surface area contributed by atoms with Crippen molar-refractivity contribution >= 4 is 22.4 Å². The minimum Gasteiger partial charge on any atom is -0.507 e. The number of benzene rings is 2. The molecule has 0 radical (unpaired) electrons. The Bertz CT molecular complexity index is 888. The summed E-state index contributed by atoms with van der Waals surface area (Å²) in [5, 5.41) is 23.7. The first kappa shape index (κ1) is 17.8. The van der Waals surface area contributed by atoms with Crippen molar-refractivity contribution in [2.75, 3.05) is 5.32 Å². The number of nitrogens with one attached hydrogen (secondary N) is 1. The number of likely N-dealkylation sites (tertiary alicyclic amines) is 1. The number of phenols is 1. The summed E-state index contributed by atoms with van der Waals surface area (Å²) in [5.41, 5.74) is 0.659. The van der Waals surface area contributed by atoms with E-state index in [0.717, 1.165) is 18.2 Å².